The zero-order valence-electron chi connectivity index (χ0n) is 11.4. The number of Topliss-reactive ketones (excluding diaryl/α,β-unsaturated/α-hetero) is 1. The quantitative estimate of drug-likeness (QED) is 0.709. The van der Waals surface area contributed by atoms with Gasteiger partial charge in [0.1, 0.15) is 11.4 Å². The molecule has 1 aliphatic carbocycles. The first-order chi connectivity index (χ1) is 7.79. The van der Waals surface area contributed by atoms with Gasteiger partial charge in [0, 0.05) is 11.8 Å². The van der Waals surface area contributed by atoms with E-state index in [1.54, 1.807) is 0 Å². The van der Waals surface area contributed by atoms with Gasteiger partial charge in [0.2, 0.25) is 0 Å². The van der Waals surface area contributed by atoms with Crippen LogP contribution in [-0.2, 0) is 14.3 Å². The summed E-state index contributed by atoms with van der Waals surface area (Å²) >= 11 is 0. The molecular weight excluding hydrogens is 216 g/mol. The first kappa shape index (κ1) is 14.2. The lowest BCUT2D eigenvalue weighted by molar-refractivity contribution is -0.157. The van der Waals surface area contributed by atoms with Crippen LogP contribution in [0.15, 0.2) is 0 Å². The molecule has 1 atom stereocenters. The van der Waals surface area contributed by atoms with Crippen molar-refractivity contribution in [3.05, 3.63) is 0 Å². The molecule has 0 unspecified atom stereocenters. The smallest absolute Gasteiger partial charge is 0.307 e. The molecule has 0 aromatic carbocycles. The van der Waals surface area contributed by atoms with Gasteiger partial charge in [-0.05, 0) is 33.6 Å². The highest BCUT2D eigenvalue weighted by atomic mass is 16.6. The molecule has 1 saturated carbocycles. The van der Waals surface area contributed by atoms with Gasteiger partial charge in [-0.25, -0.2) is 0 Å². The second-order valence-electron chi connectivity index (χ2n) is 6.08. The predicted octanol–water partition coefficient (Wildman–Crippen LogP) is 3.11. The summed E-state index contributed by atoms with van der Waals surface area (Å²) in [6, 6.07) is 0. The molecule has 0 radical (unpaired) electrons. The summed E-state index contributed by atoms with van der Waals surface area (Å²) in [7, 11) is 0. The van der Waals surface area contributed by atoms with E-state index in [4.69, 9.17) is 4.74 Å². The highest BCUT2D eigenvalue weighted by Crippen LogP contribution is 2.28. The average molecular weight is 240 g/mol. The van der Waals surface area contributed by atoms with Crippen LogP contribution in [0.25, 0.3) is 0 Å². The van der Waals surface area contributed by atoms with E-state index >= 15 is 0 Å². The second-order valence-corrected chi connectivity index (χ2v) is 6.08. The van der Waals surface area contributed by atoms with Crippen molar-refractivity contribution >= 4 is 11.8 Å². The Balaban J connectivity index is 2.40. The Kier molecular flexibility index (Phi) is 4.72. The fourth-order valence-electron chi connectivity index (χ4n) is 2.35. The van der Waals surface area contributed by atoms with E-state index in [0.717, 1.165) is 25.7 Å². The standard InChI is InChI=1S/C14H24O3/c1-10(9-12(15)17-14(2,3)4)13(16)11-7-5-6-8-11/h10-11H,5-9H2,1-4H3/t10-/m0/s1. The first-order valence-corrected chi connectivity index (χ1v) is 6.55. The van der Waals surface area contributed by atoms with Crippen LogP contribution >= 0.6 is 0 Å². The van der Waals surface area contributed by atoms with Gasteiger partial charge in [-0.2, -0.15) is 0 Å². The average Bonchev–Trinajstić information content (AvgIpc) is 2.65. The Morgan fingerprint density at radius 3 is 2.24 bits per heavy atom. The molecule has 3 nitrogen and oxygen atoms in total. The van der Waals surface area contributed by atoms with Crippen molar-refractivity contribution in [3.63, 3.8) is 0 Å². The van der Waals surface area contributed by atoms with Gasteiger partial charge in [0.15, 0.2) is 0 Å². The zero-order chi connectivity index (χ0) is 13.1. The van der Waals surface area contributed by atoms with Crippen molar-refractivity contribution in [2.75, 3.05) is 0 Å². The Morgan fingerprint density at radius 1 is 1.24 bits per heavy atom. The van der Waals surface area contributed by atoms with E-state index in [0.29, 0.717) is 0 Å². The van der Waals surface area contributed by atoms with Gasteiger partial charge in [-0.1, -0.05) is 19.8 Å². The van der Waals surface area contributed by atoms with E-state index in [1.165, 1.54) is 0 Å². The van der Waals surface area contributed by atoms with Crippen molar-refractivity contribution in [2.24, 2.45) is 11.8 Å². The van der Waals surface area contributed by atoms with Crippen LogP contribution in [0.4, 0.5) is 0 Å². The number of carbonyl (C=O) groups is 2. The fraction of sp³-hybridized carbons (Fsp3) is 0.857. The molecule has 1 aliphatic rings. The highest BCUT2D eigenvalue weighted by Gasteiger charge is 2.29. The minimum atomic E-state index is -0.465. The summed E-state index contributed by atoms with van der Waals surface area (Å²) in [5, 5.41) is 0. The molecule has 0 bridgehead atoms. The lowest BCUT2D eigenvalue weighted by Gasteiger charge is -2.21. The van der Waals surface area contributed by atoms with Gasteiger partial charge >= 0.3 is 5.97 Å². The van der Waals surface area contributed by atoms with Gasteiger partial charge in [0.05, 0.1) is 6.42 Å². The number of ketones is 1. The number of hydrogen-bond acceptors (Lipinski definition) is 3. The zero-order valence-corrected chi connectivity index (χ0v) is 11.4. The van der Waals surface area contributed by atoms with E-state index in [1.807, 2.05) is 27.7 Å². The van der Waals surface area contributed by atoms with Crippen LogP contribution in [0.2, 0.25) is 0 Å². The van der Waals surface area contributed by atoms with E-state index < -0.39 is 5.60 Å². The number of ether oxygens (including phenoxy) is 1. The van der Waals surface area contributed by atoms with Crippen LogP contribution < -0.4 is 0 Å². The lowest BCUT2D eigenvalue weighted by Crippen LogP contribution is -2.28. The third-order valence-electron chi connectivity index (χ3n) is 3.14. The summed E-state index contributed by atoms with van der Waals surface area (Å²) in [6.07, 6.45) is 4.51. The van der Waals surface area contributed by atoms with Crippen LogP contribution in [-0.4, -0.2) is 17.4 Å². The van der Waals surface area contributed by atoms with Crippen LogP contribution in [0.3, 0.4) is 0 Å². The maximum atomic E-state index is 12.0. The highest BCUT2D eigenvalue weighted by molar-refractivity contribution is 5.87. The van der Waals surface area contributed by atoms with E-state index in [9.17, 15) is 9.59 Å². The molecule has 0 aliphatic heterocycles. The SMILES string of the molecule is C[C@@H](CC(=O)OC(C)(C)C)C(=O)C1CCCC1. The molecule has 1 fully saturated rings. The number of hydrogen-bond donors (Lipinski definition) is 0. The van der Waals surface area contributed by atoms with Gasteiger partial charge in [0.25, 0.3) is 0 Å². The Labute approximate surface area is 104 Å². The number of rotatable bonds is 4. The normalized spacial score (nSPS) is 19.1. The molecule has 0 saturated heterocycles. The summed E-state index contributed by atoms with van der Waals surface area (Å²) in [5.74, 6) is -0.0370. The number of carbonyl (C=O) groups excluding carboxylic acids is 2. The minimum absolute atomic E-state index is 0.187. The maximum Gasteiger partial charge on any atom is 0.307 e. The van der Waals surface area contributed by atoms with Gasteiger partial charge in [-0.3, -0.25) is 9.59 Å². The number of esters is 1. The molecule has 0 spiro atoms. The molecule has 1 rings (SSSR count). The van der Waals surface area contributed by atoms with Crippen LogP contribution in [0.1, 0.15) is 59.8 Å². The monoisotopic (exact) mass is 240 g/mol. The van der Waals surface area contributed by atoms with Crippen molar-refractivity contribution in [1.82, 2.24) is 0 Å². The van der Waals surface area contributed by atoms with Crippen molar-refractivity contribution in [3.8, 4) is 0 Å². The van der Waals surface area contributed by atoms with Crippen LogP contribution in [0.5, 0.6) is 0 Å². The molecule has 0 heterocycles. The second kappa shape index (κ2) is 5.65. The Morgan fingerprint density at radius 2 is 1.76 bits per heavy atom. The van der Waals surface area contributed by atoms with E-state index in [2.05, 4.69) is 0 Å². The molecule has 0 amide bonds. The molecule has 0 aromatic heterocycles. The maximum absolute atomic E-state index is 12.0. The Hall–Kier alpha value is -0.860. The Bertz CT molecular complexity index is 282. The van der Waals surface area contributed by atoms with Crippen molar-refractivity contribution in [1.29, 1.82) is 0 Å². The molecule has 0 N–H and O–H groups in total. The topological polar surface area (TPSA) is 43.4 Å². The molecule has 0 aromatic rings. The van der Waals surface area contributed by atoms with Gasteiger partial charge in [-0.15, -0.1) is 0 Å². The summed E-state index contributed by atoms with van der Waals surface area (Å²) < 4.78 is 5.23. The molecular formula is C14H24O3. The third kappa shape index (κ3) is 4.88. The summed E-state index contributed by atoms with van der Waals surface area (Å²) in [5.41, 5.74) is -0.465. The first-order valence-electron chi connectivity index (χ1n) is 6.55. The molecule has 98 valence electrons. The fourth-order valence-corrected chi connectivity index (χ4v) is 2.35. The lowest BCUT2D eigenvalue weighted by atomic mass is 9.91. The van der Waals surface area contributed by atoms with Gasteiger partial charge < -0.3 is 4.74 Å². The van der Waals surface area contributed by atoms with Crippen molar-refractivity contribution < 1.29 is 14.3 Å². The van der Waals surface area contributed by atoms with Crippen molar-refractivity contribution in [2.45, 2.75) is 65.4 Å². The summed E-state index contributed by atoms with van der Waals surface area (Å²) in [6.45, 7) is 7.36. The third-order valence-corrected chi connectivity index (χ3v) is 3.14. The predicted molar refractivity (Wildman–Crippen MR) is 66.6 cm³/mol. The summed E-state index contributed by atoms with van der Waals surface area (Å²) in [4.78, 5) is 23.7. The molecule has 17 heavy (non-hydrogen) atoms. The van der Waals surface area contributed by atoms with Crippen LogP contribution in [0, 0.1) is 11.8 Å². The van der Waals surface area contributed by atoms with E-state index in [-0.39, 0.29) is 30.0 Å². The molecule has 3 heteroatoms. The largest absolute Gasteiger partial charge is 0.460 e. The minimum Gasteiger partial charge on any atom is -0.460 e.